The Morgan fingerprint density at radius 1 is 0.426 bits per heavy atom. The van der Waals surface area contributed by atoms with E-state index >= 15 is 0 Å². The third kappa shape index (κ3) is 3.72. The highest BCUT2D eigenvalue weighted by Crippen LogP contribution is 2.46. The summed E-state index contributed by atoms with van der Waals surface area (Å²) in [5.41, 5.74) is 5.95. The molecule has 0 spiro atoms. The van der Waals surface area contributed by atoms with Crippen LogP contribution < -0.4 is 4.90 Å². The number of amides is 4. The van der Waals surface area contributed by atoms with Crippen molar-refractivity contribution in [1.82, 2.24) is 4.90 Å². The Morgan fingerprint density at radius 2 is 0.915 bits per heavy atom. The summed E-state index contributed by atoms with van der Waals surface area (Å²) in [4.78, 5) is 56.4. The number of fused-ring (bicyclic) bond motifs is 6. The summed E-state index contributed by atoms with van der Waals surface area (Å²) in [7, 11) is 1.51. The van der Waals surface area contributed by atoms with Crippen LogP contribution in [0, 0.1) is 13.8 Å². The van der Waals surface area contributed by atoms with E-state index in [0.717, 1.165) is 70.2 Å². The number of anilines is 1. The summed E-state index contributed by atoms with van der Waals surface area (Å²) in [5.74, 6) is -1.36. The van der Waals surface area contributed by atoms with Crippen LogP contribution in [-0.4, -0.2) is 35.6 Å². The molecule has 0 radical (unpaired) electrons. The van der Waals surface area contributed by atoms with Gasteiger partial charge in [-0.1, -0.05) is 65.7 Å². The molecule has 0 unspecified atom stereocenters. The molecule has 4 amide bonds. The minimum absolute atomic E-state index is 0.315. The molecule has 47 heavy (non-hydrogen) atoms. The largest absolute Gasteiger partial charge is 0.277 e. The zero-order chi connectivity index (χ0) is 32.3. The van der Waals surface area contributed by atoms with Gasteiger partial charge in [0.1, 0.15) is 0 Å². The average molecular weight is 611 g/mol. The predicted octanol–water partition coefficient (Wildman–Crippen LogP) is 8.61. The zero-order valence-corrected chi connectivity index (χ0v) is 25.8. The SMILES string of the molecule is Cc1ccc(N2C(=O)c3cc4cc5cc(C)ccc5c(-c5c6ccccc6cc6cc7c(cc56)C(=O)N(C)C7=O)c4cc3C2=O)cc1. The van der Waals surface area contributed by atoms with Crippen LogP contribution in [0.2, 0.25) is 0 Å². The number of hydrogen-bond donors (Lipinski definition) is 0. The van der Waals surface area contributed by atoms with Crippen LogP contribution in [0.15, 0.2) is 103 Å². The summed E-state index contributed by atoms with van der Waals surface area (Å²) in [6.07, 6.45) is 0. The van der Waals surface area contributed by atoms with E-state index in [1.807, 2.05) is 68.4 Å². The van der Waals surface area contributed by atoms with E-state index in [4.69, 9.17) is 0 Å². The Labute approximate surface area is 269 Å². The molecule has 9 rings (SSSR count). The number of carbonyl (C=O) groups excluding carboxylic acids is 4. The minimum atomic E-state index is -0.363. The van der Waals surface area contributed by atoms with Crippen molar-refractivity contribution < 1.29 is 19.2 Å². The highest BCUT2D eigenvalue weighted by molar-refractivity contribution is 6.36. The van der Waals surface area contributed by atoms with Crippen molar-refractivity contribution in [3.63, 3.8) is 0 Å². The van der Waals surface area contributed by atoms with Gasteiger partial charge in [-0.05, 0) is 117 Å². The van der Waals surface area contributed by atoms with Crippen molar-refractivity contribution in [3.05, 3.63) is 137 Å². The normalized spacial score (nSPS) is 14.4. The van der Waals surface area contributed by atoms with E-state index in [2.05, 4.69) is 36.4 Å². The van der Waals surface area contributed by atoms with Gasteiger partial charge in [0.2, 0.25) is 0 Å². The highest BCUT2D eigenvalue weighted by Gasteiger charge is 2.38. The smallest absolute Gasteiger partial charge is 0.266 e. The predicted molar refractivity (Wildman–Crippen MR) is 185 cm³/mol. The van der Waals surface area contributed by atoms with Crippen molar-refractivity contribution in [2.24, 2.45) is 0 Å². The standard InChI is InChI=1S/C41H26N2O4/c1-21-8-11-27(12-9-21)43-40(46)33-18-26-16-24-14-22(2)10-13-29(24)37(31(26)20-35(33)41(43)47)36-28-7-5-4-6-23(28)15-25-17-32-34(19-30(25)36)39(45)42(3)38(32)44/h4-20H,1-3H3. The summed E-state index contributed by atoms with van der Waals surface area (Å²) in [5, 5.41) is 7.25. The van der Waals surface area contributed by atoms with Gasteiger partial charge in [0.25, 0.3) is 23.6 Å². The fourth-order valence-corrected chi connectivity index (χ4v) is 7.37. The van der Waals surface area contributed by atoms with E-state index in [9.17, 15) is 19.2 Å². The van der Waals surface area contributed by atoms with Crippen molar-refractivity contribution in [3.8, 4) is 11.1 Å². The van der Waals surface area contributed by atoms with E-state index in [0.29, 0.717) is 27.9 Å². The van der Waals surface area contributed by atoms with Gasteiger partial charge in [-0.2, -0.15) is 0 Å². The Balaban J connectivity index is 1.41. The van der Waals surface area contributed by atoms with Gasteiger partial charge in [0, 0.05) is 7.05 Å². The van der Waals surface area contributed by atoms with Crippen LogP contribution in [-0.2, 0) is 0 Å². The maximum absolute atomic E-state index is 14.0. The molecule has 2 aliphatic heterocycles. The highest BCUT2D eigenvalue weighted by atomic mass is 16.2. The molecule has 0 saturated carbocycles. The number of benzene rings is 7. The molecule has 6 nitrogen and oxygen atoms in total. The lowest BCUT2D eigenvalue weighted by molar-refractivity contribution is 0.0692. The lowest BCUT2D eigenvalue weighted by atomic mass is 9.84. The van der Waals surface area contributed by atoms with Crippen molar-refractivity contribution >= 4 is 72.4 Å². The molecule has 0 aromatic heterocycles. The van der Waals surface area contributed by atoms with Crippen molar-refractivity contribution in [2.75, 3.05) is 11.9 Å². The molecule has 0 atom stereocenters. The molecule has 2 heterocycles. The fraction of sp³-hybridized carbons (Fsp3) is 0.0732. The number of aryl methyl sites for hydroxylation is 2. The maximum Gasteiger partial charge on any atom is 0.266 e. The molecule has 0 aliphatic carbocycles. The Kier molecular flexibility index (Phi) is 5.46. The zero-order valence-electron chi connectivity index (χ0n) is 25.8. The first-order chi connectivity index (χ1) is 22.7. The van der Waals surface area contributed by atoms with Crippen LogP contribution in [0.4, 0.5) is 5.69 Å². The van der Waals surface area contributed by atoms with Crippen LogP contribution in [0.25, 0.3) is 54.2 Å². The first-order valence-corrected chi connectivity index (χ1v) is 15.5. The average Bonchev–Trinajstić information content (AvgIpc) is 3.43. The van der Waals surface area contributed by atoms with Crippen molar-refractivity contribution in [1.29, 1.82) is 0 Å². The summed E-state index contributed by atoms with van der Waals surface area (Å²) in [6, 6.07) is 33.2. The number of carbonyl (C=O) groups is 4. The first kappa shape index (κ1) is 27.2. The summed E-state index contributed by atoms with van der Waals surface area (Å²) >= 11 is 0. The van der Waals surface area contributed by atoms with Crippen LogP contribution in [0.1, 0.15) is 52.6 Å². The quantitative estimate of drug-likeness (QED) is 0.145. The molecule has 0 fully saturated rings. The molecule has 0 saturated heterocycles. The number of hydrogen-bond acceptors (Lipinski definition) is 4. The van der Waals surface area contributed by atoms with Crippen LogP contribution in [0.3, 0.4) is 0 Å². The molecule has 0 bridgehead atoms. The monoisotopic (exact) mass is 610 g/mol. The molecular weight excluding hydrogens is 584 g/mol. The lowest BCUT2D eigenvalue weighted by Crippen LogP contribution is -2.29. The summed E-state index contributed by atoms with van der Waals surface area (Å²) < 4.78 is 0. The van der Waals surface area contributed by atoms with Gasteiger partial charge in [-0.3, -0.25) is 24.1 Å². The minimum Gasteiger partial charge on any atom is -0.277 e. The molecular formula is C41H26N2O4. The lowest BCUT2D eigenvalue weighted by Gasteiger charge is -2.18. The van der Waals surface area contributed by atoms with E-state index < -0.39 is 0 Å². The Morgan fingerprint density at radius 3 is 1.57 bits per heavy atom. The third-order valence-electron chi connectivity index (χ3n) is 9.73. The molecule has 2 aliphatic rings. The van der Waals surface area contributed by atoms with Gasteiger partial charge < -0.3 is 0 Å². The van der Waals surface area contributed by atoms with Crippen LogP contribution >= 0.6 is 0 Å². The fourth-order valence-electron chi connectivity index (χ4n) is 7.37. The van der Waals surface area contributed by atoms with E-state index in [-0.39, 0.29) is 23.6 Å². The topological polar surface area (TPSA) is 74.8 Å². The van der Waals surface area contributed by atoms with E-state index in [1.165, 1.54) is 11.9 Å². The second-order valence-corrected chi connectivity index (χ2v) is 12.6. The Hall–Kier alpha value is -6.14. The van der Waals surface area contributed by atoms with E-state index in [1.54, 1.807) is 12.1 Å². The molecule has 224 valence electrons. The third-order valence-corrected chi connectivity index (χ3v) is 9.73. The number of nitrogens with zero attached hydrogens (tertiary/aromatic N) is 2. The van der Waals surface area contributed by atoms with Gasteiger partial charge >= 0.3 is 0 Å². The second kappa shape index (κ2) is 9.44. The number of imide groups is 2. The van der Waals surface area contributed by atoms with Gasteiger partial charge in [-0.15, -0.1) is 0 Å². The number of rotatable bonds is 2. The van der Waals surface area contributed by atoms with Gasteiger partial charge in [-0.25, -0.2) is 4.90 Å². The second-order valence-electron chi connectivity index (χ2n) is 12.6. The van der Waals surface area contributed by atoms with Crippen molar-refractivity contribution in [2.45, 2.75) is 13.8 Å². The summed E-state index contributed by atoms with van der Waals surface area (Å²) in [6.45, 7) is 4.01. The van der Waals surface area contributed by atoms with Gasteiger partial charge in [0.05, 0.1) is 27.9 Å². The maximum atomic E-state index is 14.0. The van der Waals surface area contributed by atoms with Crippen LogP contribution in [0.5, 0.6) is 0 Å². The molecule has 7 aromatic rings. The molecule has 6 heteroatoms. The molecule has 0 N–H and O–H groups in total. The Bertz CT molecular complexity index is 2640. The van der Waals surface area contributed by atoms with Gasteiger partial charge in [0.15, 0.2) is 0 Å². The first-order valence-electron chi connectivity index (χ1n) is 15.5. The molecule has 7 aromatic carbocycles.